The maximum absolute atomic E-state index is 12.5. The number of para-hydroxylation sites is 1. The SMILES string of the molecule is CC(C)NC(=O)Nc1ccccc1C(=O)N1CC[C@@H](N)C1. The molecule has 1 saturated heterocycles. The second-order valence-corrected chi connectivity index (χ2v) is 5.60. The highest BCUT2D eigenvalue weighted by Gasteiger charge is 2.26. The average Bonchev–Trinajstić information content (AvgIpc) is 2.84. The first-order chi connectivity index (χ1) is 9.97. The molecule has 0 saturated carbocycles. The molecule has 1 heterocycles. The molecule has 21 heavy (non-hydrogen) atoms. The Kier molecular flexibility index (Phi) is 4.80. The van der Waals surface area contributed by atoms with Crippen LogP contribution in [0.25, 0.3) is 0 Å². The first-order valence-corrected chi connectivity index (χ1v) is 7.18. The Hall–Kier alpha value is -2.08. The Balaban J connectivity index is 2.13. The van der Waals surface area contributed by atoms with Gasteiger partial charge in [-0.15, -0.1) is 0 Å². The molecule has 0 aromatic heterocycles. The third kappa shape index (κ3) is 3.95. The van der Waals surface area contributed by atoms with E-state index in [1.165, 1.54) is 0 Å². The second kappa shape index (κ2) is 6.58. The van der Waals surface area contributed by atoms with Gasteiger partial charge in [0.2, 0.25) is 0 Å². The Morgan fingerprint density at radius 3 is 2.67 bits per heavy atom. The highest BCUT2D eigenvalue weighted by atomic mass is 16.2. The standard InChI is InChI=1S/C15H22N4O2/c1-10(2)17-15(21)18-13-6-4-3-5-12(13)14(20)19-8-7-11(16)9-19/h3-6,10-11H,7-9,16H2,1-2H3,(H2,17,18,21)/t11-/m1/s1. The molecule has 4 N–H and O–H groups in total. The predicted molar refractivity (Wildman–Crippen MR) is 82.2 cm³/mol. The van der Waals surface area contributed by atoms with Gasteiger partial charge in [0, 0.05) is 25.2 Å². The van der Waals surface area contributed by atoms with Crippen molar-refractivity contribution in [3.05, 3.63) is 29.8 Å². The zero-order valence-electron chi connectivity index (χ0n) is 12.4. The molecule has 1 aromatic rings. The molecular weight excluding hydrogens is 268 g/mol. The monoisotopic (exact) mass is 290 g/mol. The Bertz CT molecular complexity index is 530. The zero-order valence-corrected chi connectivity index (χ0v) is 12.4. The summed E-state index contributed by atoms with van der Waals surface area (Å²) in [6.45, 7) is 4.97. The molecule has 1 aliphatic rings. The van der Waals surface area contributed by atoms with E-state index in [-0.39, 0.29) is 24.0 Å². The number of carbonyl (C=O) groups is 2. The molecule has 1 aliphatic heterocycles. The van der Waals surface area contributed by atoms with Gasteiger partial charge in [0.1, 0.15) is 0 Å². The van der Waals surface area contributed by atoms with Gasteiger partial charge < -0.3 is 21.3 Å². The van der Waals surface area contributed by atoms with Crippen molar-refractivity contribution in [2.45, 2.75) is 32.4 Å². The van der Waals surface area contributed by atoms with Crippen LogP contribution in [0.15, 0.2) is 24.3 Å². The van der Waals surface area contributed by atoms with Crippen LogP contribution in [0.4, 0.5) is 10.5 Å². The van der Waals surface area contributed by atoms with Gasteiger partial charge in [-0.25, -0.2) is 4.79 Å². The molecule has 1 aromatic carbocycles. The van der Waals surface area contributed by atoms with Gasteiger partial charge in [-0.1, -0.05) is 12.1 Å². The maximum atomic E-state index is 12.5. The largest absolute Gasteiger partial charge is 0.337 e. The number of nitrogens with two attached hydrogens (primary N) is 1. The molecule has 6 heteroatoms. The predicted octanol–water partition coefficient (Wildman–Crippen LogP) is 1.39. The fraction of sp³-hybridized carbons (Fsp3) is 0.467. The molecule has 3 amide bonds. The summed E-state index contributed by atoms with van der Waals surface area (Å²) < 4.78 is 0. The summed E-state index contributed by atoms with van der Waals surface area (Å²) in [5, 5.41) is 5.47. The van der Waals surface area contributed by atoms with Crippen LogP contribution in [0.3, 0.4) is 0 Å². The number of nitrogens with one attached hydrogen (secondary N) is 2. The summed E-state index contributed by atoms with van der Waals surface area (Å²) in [6.07, 6.45) is 0.815. The van der Waals surface area contributed by atoms with Crippen LogP contribution in [-0.2, 0) is 0 Å². The minimum atomic E-state index is -0.316. The number of likely N-dealkylation sites (tertiary alicyclic amines) is 1. The normalized spacial score (nSPS) is 17.9. The van der Waals surface area contributed by atoms with E-state index in [0.717, 1.165) is 6.42 Å². The number of anilines is 1. The highest BCUT2D eigenvalue weighted by Crippen LogP contribution is 2.19. The van der Waals surface area contributed by atoms with Crippen LogP contribution in [0.5, 0.6) is 0 Å². The van der Waals surface area contributed by atoms with Crippen molar-refractivity contribution in [3.8, 4) is 0 Å². The smallest absolute Gasteiger partial charge is 0.319 e. The number of hydrogen-bond donors (Lipinski definition) is 3. The number of hydrogen-bond acceptors (Lipinski definition) is 3. The molecular formula is C15H22N4O2. The van der Waals surface area contributed by atoms with Gasteiger partial charge >= 0.3 is 6.03 Å². The van der Waals surface area contributed by atoms with E-state index in [1.54, 1.807) is 29.2 Å². The molecule has 0 radical (unpaired) electrons. The lowest BCUT2D eigenvalue weighted by atomic mass is 10.1. The summed E-state index contributed by atoms with van der Waals surface area (Å²) >= 11 is 0. The first kappa shape index (κ1) is 15.3. The first-order valence-electron chi connectivity index (χ1n) is 7.18. The molecule has 114 valence electrons. The van der Waals surface area contributed by atoms with Gasteiger partial charge in [0.15, 0.2) is 0 Å². The third-order valence-corrected chi connectivity index (χ3v) is 3.34. The number of rotatable bonds is 3. The van der Waals surface area contributed by atoms with Gasteiger partial charge in [-0.2, -0.15) is 0 Å². The van der Waals surface area contributed by atoms with Crippen molar-refractivity contribution < 1.29 is 9.59 Å². The molecule has 1 fully saturated rings. The van der Waals surface area contributed by atoms with Crippen LogP contribution in [0, 0.1) is 0 Å². The fourth-order valence-corrected chi connectivity index (χ4v) is 2.34. The summed E-state index contributed by atoms with van der Waals surface area (Å²) in [7, 11) is 0. The molecule has 1 atom stereocenters. The zero-order chi connectivity index (χ0) is 15.4. The van der Waals surface area contributed by atoms with Gasteiger partial charge in [-0.3, -0.25) is 4.79 Å². The van der Waals surface area contributed by atoms with Crippen LogP contribution in [0.2, 0.25) is 0 Å². The quantitative estimate of drug-likeness (QED) is 0.786. The molecule has 0 spiro atoms. The number of urea groups is 1. The maximum Gasteiger partial charge on any atom is 0.319 e. The van der Waals surface area contributed by atoms with Gasteiger partial charge in [-0.05, 0) is 32.4 Å². The van der Waals surface area contributed by atoms with E-state index in [9.17, 15) is 9.59 Å². The van der Waals surface area contributed by atoms with Gasteiger partial charge in [0.05, 0.1) is 11.3 Å². The average molecular weight is 290 g/mol. The number of benzene rings is 1. The van der Waals surface area contributed by atoms with Crippen molar-refractivity contribution in [1.29, 1.82) is 0 Å². The van der Waals surface area contributed by atoms with Crippen LogP contribution < -0.4 is 16.4 Å². The van der Waals surface area contributed by atoms with E-state index in [1.807, 2.05) is 13.8 Å². The second-order valence-electron chi connectivity index (χ2n) is 5.60. The topological polar surface area (TPSA) is 87.5 Å². The van der Waals surface area contributed by atoms with Crippen LogP contribution in [0.1, 0.15) is 30.6 Å². The Labute approximate surface area is 124 Å². The molecule has 0 bridgehead atoms. The molecule has 6 nitrogen and oxygen atoms in total. The summed E-state index contributed by atoms with van der Waals surface area (Å²) in [4.78, 5) is 26.0. The number of nitrogens with zero attached hydrogens (tertiary/aromatic N) is 1. The van der Waals surface area contributed by atoms with Crippen LogP contribution in [-0.4, -0.2) is 42.0 Å². The molecule has 0 aliphatic carbocycles. The lowest BCUT2D eigenvalue weighted by molar-refractivity contribution is 0.0792. The van der Waals surface area contributed by atoms with E-state index >= 15 is 0 Å². The molecule has 0 unspecified atom stereocenters. The summed E-state index contributed by atoms with van der Waals surface area (Å²) in [5.74, 6) is -0.0941. The van der Waals surface area contributed by atoms with Crippen molar-refractivity contribution in [2.75, 3.05) is 18.4 Å². The van der Waals surface area contributed by atoms with E-state index in [0.29, 0.717) is 24.3 Å². The summed E-state index contributed by atoms with van der Waals surface area (Å²) in [6, 6.07) is 6.78. The molecule has 2 rings (SSSR count). The van der Waals surface area contributed by atoms with E-state index in [2.05, 4.69) is 10.6 Å². The number of amides is 3. The van der Waals surface area contributed by atoms with Crippen LogP contribution >= 0.6 is 0 Å². The third-order valence-electron chi connectivity index (χ3n) is 3.34. The Morgan fingerprint density at radius 2 is 2.05 bits per heavy atom. The van der Waals surface area contributed by atoms with Crippen molar-refractivity contribution in [3.63, 3.8) is 0 Å². The van der Waals surface area contributed by atoms with Gasteiger partial charge in [0.25, 0.3) is 5.91 Å². The minimum Gasteiger partial charge on any atom is -0.337 e. The summed E-state index contributed by atoms with van der Waals surface area (Å²) in [5.41, 5.74) is 6.85. The van der Waals surface area contributed by atoms with E-state index < -0.39 is 0 Å². The Morgan fingerprint density at radius 1 is 1.33 bits per heavy atom. The lowest BCUT2D eigenvalue weighted by Gasteiger charge is -2.18. The van der Waals surface area contributed by atoms with Crippen molar-refractivity contribution >= 4 is 17.6 Å². The highest BCUT2D eigenvalue weighted by molar-refractivity contribution is 6.03. The fourth-order valence-electron chi connectivity index (χ4n) is 2.34. The lowest BCUT2D eigenvalue weighted by Crippen LogP contribution is -2.36. The van der Waals surface area contributed by atoms with Crippen molar-refractivity contribution in [2.24, 2.45) is 5.73 Å². The minimum absolute atomic E-state index is 0.0319. The van der Waals surface area contributed by atoms with E-state index in [4.69, 9.17) is 5.73 Å². The number of carbonyl (C=O) groups excluding carboxylic acids is 2. The van der Waals surface area contributed by atoms with Crippen molar-refractivity contribution in [1.82, 2.24) is 10.2 Å².